The van der Waals surface area contributed by atoms with E-state index in [-0.39, 0.29) is 6.54 Å². The zero-order chi connectivity index (χ0) is 19.8. The van der Waals surface area contributed by atoms with Gasteiger partial charge in [-0.1, -0.05) is 23.7 Å². The summed E-state index contributed by atoms with van der Waals surface area (Å²) in [5.74, 6) is -3.33. The number of nitrogens with zero attached hydrogens (tertiary/aromatic N) is 1. The van der Waals surface area contributed by atoms with Crippen molar-refractivity contribution in [1.29, 1.82) is 0 Å². The third-order valence-electron chi connectivity index (χ3n) is 4.46. The Morgan fingerprint density at radius 2 is 1.89 bits per heavy atom. The van der Waals surface area contributed by atoms with E-state index in [0.29, 0.717) is 16.3 Å². The summed E-state index contributed by atoms with van der Waals surface area (Å²) in [6.45, 7) is -0.360. The van der Waals surface area contributed by atoms with Gasteiger partial charge in [-0.15, -0.1) is 11.3 Å². The van der Waals surface area contributed by atoms with Crippen LogP contribution in [0, 0.1) is 11.6 Å². The zero-order valence-corrected chi connectivity index (χ0v) is 15.9. The molecule has 0 radical (unpaired) electrons. The maximum absolute atomic E-state index is 14.3. The van der Waals surface area contributed by atoms with Crippen molar-refractivity contribution < 1.29 is 18.4 Å². The summed E-state index contributed by atoms with van der Waals surface area (Å²) < 4.78 is 28.6. The molecule has 1 aliphatic rings. The molecule has 1 atom stereocenters. The van der Waals surface area contributed by atoms with Gasteiger partial charge >= 0.3 is 0 Å². The van der Waals surface area contributed by atoms with Crippen LogP contribution in [0.4, 0.5) is 14.5 Å². The summed E-state index contributed by atoms with van der Waals surface area (Å²) in [7, 11) is 0. The van der Waals surface area contributed by atoms with E-state index in [1.165, 1.54) is 22.3 Å². The number of hydrogen-bond donors (Lipinski definition) is 1. The van der Waals surface area contributed by atoms with Gasteiger partial charge in [0.05, 0.1) is 6.04 Å². The van der Waals surface area contributed by atoms with Crippen molar-refractivity contribution in [2.75, 3.05) is 11.9 Å². The van der Waals surface area contributed by atoms with Gasteiger partial charge < -0.3 is 10.2 Å². The van der Waals surface area contributed by atoms with Gasteiger partial charge in [-0.2, -0.15) is 0 Å². The number of rotatable bonds is 2. The lowest BCUT2D eigenvalue weighted by Crippen LogP contribution is -2.39. The van der Waals surface area contributed by atoms with Crippen LogP contribution in [0.5, 0.6) is 0 Å². The largest absolute Gasteiger partial charge is 0.324 e. The second-order valence-corrected chi connectivity index (χ2v) is 7.64. The number of thiophene rings is 1. The van der Waals surface area contributed by atoms with Gasteiger partial charge in [-0.3, -0.25) is 9.59 Å². The number of nitrogens with one attached hydrogen (secondary N) is 1. The van der Waals surface area contributed by atoms with Gasteiger partial charge in [0.15, 0.2) is 0 Å². The first-order valence-electron chi connectivity index (χ1n) is 8.33. The lowest BCUT2D eigenvalue weighted by Gasteiger charge is -2.29. The molecule has 0 saturated carbocycles. The highest BCUT2D eigenvalue weighted by Crippen LogP contribution is 2.39. The highest BCUT2D eigenvalue weighted by Gasteiger charge is 2.36. The number of anilines is 1. The average Bonchev–Trinajstić information content (AvgIpc) is 3.12. The summed E-state index contributed by atoms with van der Waals surface area (Å²) in [6.07, 6.45) is 0. The van der Waals surface area contributed by atoms with E-state index in [2.05, 4.69) is 5.32 Å². The fourth-order valence-corrected chi connectivity index (χ4v) is 4.30. The van der Waals surface area contributed by atoms with E-state index in [4.69, 9.17) is 11.6 Å². The van der Waals surface area contributed by atoms with Crippen molar-refractivity contribution in [3.63, 3.8) is 0 Å². The molecule has 2 aromatic carbocycles. The first-order valence-corrected chi connectivity index (χ1v) is 9.59. The number of fused-ring (bicyclic) bond motifs is 1. The number of carbonyl (C=O) groups is 2. The van der Waals surface area contributed by atoms with Crippen LogP contribution in [-0.4, -0.2) is 23.3 Å². The summed E-state index contributed by atoms with van der Waals surface area (Å²) in [6, 6.07) is 11.0. The second-order valence-electron chi connectivity index (χ2n) is 6.23. The van der Waals surface area contributed by atoms with Crippen molar-refractivity contribution in [3.05, 3.63) is 86.6 Å². The van der Waals surface area contributed by atoms with Crippen LogP contribution in [0.2, 0.25) is 5.02 Å². The lowest BCUT2D eigenvalue weighted by atomic mass is 10.0. The van der Waals surface area contributed by atoms with Crippen LogP contribution < -0.4 is 5.32 Å². The van der Waals surface area contributed by atoms with E-state index in [1.54, 1.807) is 30.3 Å². The number of benzene rings is 2. The molecule has 1 aliphatic heterocycles. The standard InChI is InChI=1S/C20H13ClF2N2O2S/c21-11-6-7-15-12(9-11)19(16-5-2-8-28-16)25(10-17(26)24-15)20(27)18-13(22)3-1-4-14(18)23/h1-9,19H,10H2,(H,24,26). The smallest absolute Gasteiger partial charge is 0.261 e. The highest BCUT2D eigenvalue weighted by atomic mass is 35.5. The molecule has 1 unspecified atom stereocenters. The molecule has 4 nitrogen and oxygen atoms in total. The molecule has 0 spiro atoms. The Labute approximate surface area is 168 Å². The summed E-state index contributed by atoms with van der Waals surface area (Å²) in [4.78, 5) is 27.5. The van der Waals surface area contributed by atoms with Crippen LogP contribution in [0.1, 0.15) is 26.8 Å². The molecule has 142 valence electrons. The van der Waals surface area contributed by atoms with Gasteiger partial charge in [0.2, 0.25) is 5.91 Å². The SMILES string of the molecule is O=C1CN(C(=O)c2c(F)cccc2F)C(c2cccs2)c2cc(Cl)ccc2N1. The fourth-order valence-electron chi connectivity index (χ4n) is 3.27. The summed E-state index contributed by atoms with van der Waals surface area (Å²) >= 11 is 7.53. The monoisotopic (exact) mass is 418 g/mol. The maximum Gasteiger partial charge on any atom is 0.261 e. The van der Waals surface area contributed by atoms with Crippen LogP contribution >= 0.6 is 22.9 Å². The average molecular weight is 419 g/mol. The normalized spacial score (nSPS) is 16.3. The minimum Gasteiger partial charge on any atom is -0.324 e. The van der Waals surface area contributed by atoms with E-state index in [9.17, 15) is 18.4 Å². The Morgan fingerprint density at radius 1 is 1.14 bits per heavy atom. The second kappa shape index (κ2) is 7.33. The molecular weight excluding hydrogens is 406 g/mol. The molecule has 2 heterocycles. The Bertz CT molecular complexity index is 1050. The highest BCUT2D eigenvalue weighted by molar-refractivity contribution is 7.10. The van der Waals surface area contributed by atoms with Crippen LogP contribution in [0.3, 0.4) is 0 Å². The third-order valence-corrected chi connectivity index (χ3v) is 5.62. The van der Waals surface area contributed by atoms with Crippen molar-refractivity contribution in [2.24, 2.45) is 0 Å². The quantitative estimate of drug-likeness (QED) is 0.646. The van der Waals surface area contributed by atoms with Gasteiger partial charge in [-0.05, 0) is 41.8 Å². The zero-order valence-electron chi connectivity index (χ0n) is 14.3. The van der Waals surface area contributed by atoms with Crippen molar-refractivity contribution >= 4 is 40.4 Å². The van der Waals surface area contributed by atoms with Crippen molar-refractivity contribution in [2.45, 2.75) is 6.04 Å². The van der Waals surface area contributed by atoms with Crippen LogP contribution in [0.15, 0.2) is 53.9 Å². The molecule has 0 aliphatic carbocycles. The molecule has 2 amide bonds. The van der Waals surface area contributed by atoms with E-state index in [0.717, 1.165) is 17.0 Å². The molecule has 0 bridgehead atoms. The Balaban J connectivity index is 1.91. The molecule has 4 rings (SSSR count). The van der Waals surface area contributed by atoms with Gasteiger partial charge in [0.1, 0.15) is 23.7 Å². The minimum absolute atomic E-state index is 0.360. The van der Waals surface area contributed by atoms with E-state index < -0.39 is 35.1 Å². The predicted octanol–water partition coefficient (Wildman–Crippen LogP) is 4.86. The van der Waals surface area contributed by atoms with Crippen LogP contribution in [-0.2, 0) is 4.79 Å². The fraction of sp³-hybridized carbons (Fsp3) is 0.100. The third kappa shape index (κ3) is 3.27. The summed E-state index contributed by atoms with van der Waals surface area (Å²) in [5, 5.41) is 4.98. The maximum atomic E-state index is 14.3. The molecule has 1 aromatic heterocycles. The van der Waals surface area contributed by atoms with Gasteiger partial charge in [0.25, 0.3) is 5.91 Å². The molecule has 28 heavy (non-hydrogen) atoms. The first-order chi connectivity index (χ1) is 13.5. The number of amides is 2. The Hall–Kier alpha value is -2.77. The Kier molecular flexibility index (Phi) is 4.87. The molecule has 1 N–H and O–H groups in total. The van der Waals surface area contributed by atoms with Crippen molar-refractivity contribution in [3.8, 4) is 0 Å². The number of hydrogen-bond acceptors (Lipinski definition) is 3. The van der Waals surface area contributed by atoms with Gasteiger partial charge in [0, 0.05) is 21.2 Å². The molecular formula is C20H13ClF2N2O2S. The van der Waals surface area contributed by atoms with Gasteiger partial charge in [-0.25, -0.2) is 8.78 Å². The van der Waals surface area contributed by atoms with Crippen molar-refractivity contribution in [1.82, 2.24) is 4.90 Å². The van der Waals surface area contributed by atoms with E-state index >= 15 is 0 Å². The lowest BCUT2D eigenvalue weighted by molar-refractivity contribution is -0.117. The molecule has 8 heteroatoms. The molecule has 0 fully saturated rings. The first kappa shape index (κ1) is 18.6. The minimum atomic E-state index is -0.981. The topological polar surface area (TPSA) is 49.4 Å². The molecule has 0 saturated heterocycles. The summed E-state index contributed by atoms with van der Waals surface area (Å²) in [5.41, 5.74) is 0.380. The Morgan fingerprint density at radius 3 is 2.57 bits per heavy atom. The molecule has 3 aromatic rings. The predicted molar refractivity (Wildman–Crippen MR) is 104 cm³/mol. The van der Waals surface area contributed by atoms with Crippen LogP contribution in [0.25, 0.3) is 0 Å². The number of carbonyl (C=O) groups excluding carboxylic acids is 2. The number of halogens is 3. The van der Waals surface area contributed by atoms with E-state index in [1.807, 2.05) is 5.38 Å².